The number of halogens is 1. The van der Waals surface area contributed by atoms with Crippen LogP contribution in [0, 0.1) is 5.82 Å². The van der Waals surface area contributed by atoms with Crippen LogP contribution in [0.3, 0.4) is 0 Å². The third-order valence-corrected chi connectivity index (χ3v) is 10.1. The molecule has 0 unspecified atom stereocenters. The first-order valence-corrected chi connectivity index (χ1v) is 17.0. The molecule has 1 atom stereocenters. The number of Topliss-reactive ketones (excluding diaryl/α,β-unsaturated/α-hetero) is 1. The molecule has 0 aliphatic carbocycles. The Morgan fingerprint density at radius 1 is 0.958 bits per heavy atom. The summed E-state index contributed by atoms with van der Waals surface area (Å²) in [5, 5.41) is 22.6. The molecule has 0 spiro atoms. The first-order chi connectivity index (χ1) is 23.3. The maximum Gasteiger partial charge on any atom is 0.301 e. The summed E-state index contributed by atoms with van der Waals surface area (Å²) in [4.78, 5) is 28.7. The Kier molecular flexibility index (Phi) is 9.93. The van der Waals surface area contributed by atoms with Gasteiger partial charge in [0.05, 0.1) is 32.4 Å². The number of benzene rings is 4. The molecule has 1 fully saturated rings. The highest BCUT2D eigenvalue weighted by Crippen LogP contribution is 2.46. The number of aromatic nitrogens is 2. The van der Waals surface area contributed by atoms with Gasteiger partial charge in [-0.3, -0.25) is 14.5 Å². The monoisotopic (exact) mass is 685 g/mol. The Labute approximate surface area is 285 Å². The Balaban J connectivity index is 1.40. The second-order valence-electron chi connectivity index (χ2n) is 10.9. The standard InChI is InChI=1S/C36H32FN3O6S2/c1-4-5-17-46-28-16-13-22(19-29(28)45-3)31-30(32(41)23-14-15-27(44-2)26(37)18-23)33(42)34(43)40(31)35-38-39-36(48-35)47-20-24-11-8-10-21-9-6-7-12-25(21)24/h6-16,18-19,31,41H,4-5,17,20H2,1-3H3/t31-/m1/s1. The van der Waals surface area contributed by atoms with E-state index >= 15 is 0 Å². The average Bonchev–Trinajstić information content (AvgIpc) is 3.68. The van der Waals surface area contributed by atoms with Gasteiger partial charge in [0, 0.05) is 11.3 Å². The number of hydrogen-bond acceptors (Lipinski definition) is 10. The number of ether oxygens (including phenoxy) is 3. The van der Waals surface area contributed by atoms with Crippen molar-refractivity contribution in [1.29, 1.82) is 0 Å². The molecule has 9 nitrogen and oxygen atoms in total. The first kappa shape index (κ1) is 33.0. The fraction of sp³-hybridized carbons (Fsp3) is 0.222. The van der Waals surface area contributed by atoms with E-state index in [0.29, 0.717) is 33.8 Å². The maximum atomic E-state index is 14.7. The van der Waals surface area contributed by atoms with Crippen molar-refractivity contribution < 1.29 is 33.3 Å². The van der Waals surface area contributed by atoms with Crippen molar-refractivity contribution in [3.05, 3.63) is 107 Å². The molecular formula is C36H32FN3O6S2. The lowest BCUT2D eigenvalue weighted by Gasteiger charge is -2.23. The molecule has 1 aromatic heterocycles. The number of carbonyl (C=O) groups excluding carboxylic acids is 2. The summed E-state index contributed by atoms with van der Waals surface area (Å²) in [5.41, 5.74) is 1.35. The number of amides is 1. The van der Waals surface area contributed by atoms with Crippen molar-refractivity contribution >= 4 is 56.5 Å². The maximum absolute atomic E-state index is 14.7. The molecule has 0 bridgehead atoms. The van der Waals surface area contributed by atoms with Crippen LogP contribution in [-0.4, -0.2) is 47.8 Å². The van der Waals surface area contributed by atoms with Gasteiger partial charge in [0.1, 0.15) is 5.76 Å². The number of rotatable bonds is 12. The topological polar surface area (TPSA) is 111 Å². The SMILES string of the molecule is CCCCOc1ccc([C@@H]2C(=C(O)c3ccc(OC)c(F)c3)C(=O)C(=O)N2c2nnc(SCc3cccc4ccccc34)s2)cc1OC. The predicted octanol–water partition coefficient (Wildman–Crippen LogP) is 7.95. The second-order valence-corrected chi connectivity index (χ2v) is 13.1. The Hall–Kier alpha value is -4.94. The molecule has 246 valence electrons. The summed E-state index contributed by atoms with van der Waals surface area (Å²) in [6, 6.07) is 22.0. The van der Waals surface area contributed by atoms with Gasteiger partial charge in [0.25, 0.3) is 5.78 Å². The Morgan fingerprint density at radius 3 is 2.50 bits per heavy atom. The van der Waals surface area contributed by atoms with Crippen molar-refractivity contribution in [1.82, 2.24) is 10.2 Å². The summed E-state index contributed by atoms with van der Waals surface area (Å²) in [7, 11) is 2.82. The van der Waals surface area contributed by atoms with Crippen LogP contribution in [-0.2, 0) is 15.3 Å². The van der Waals surface area contributed by atoms with Gasteiger partial charge < -0.3 is 19.3 Å². The van der Waals surface area contributed by atoms with E-state index in [4.69, 9.17) is 14.2 Å². The number of nitrogens with zero attached hydrogens (tertiary/aromatic N) is 3. The smallest absolute Gasteiger partial charge is 0.301 e. The Bertz CT molecular complexity index is 2030. The van der Waals surface area contributed by atoms with E-state index in [0.717, 1.165) is 46.6 Å². The number of carbonyl (C=O) groups is 2. The zero-order chi connectivity index (χ0) is 33.8. The minimum atomic E-state index is -1.13. The predicted molar refractivity (Wildman–Crippen MR) is 185 cm³/mol. The molecule has 6 rings (SSSR count). The number of unbranched alkanes of at least 4 members (excludes halogenated alkanes) is 1. The lowest BCUT2D eigenvalue weighted by Crippen LogP contribution is -2.29. The minimum Gasteiger partial charge on any atom is -0.507 e. The van der Waals surface area contributed by atoms with Crippen LogP contribution in [0.15, 0.2) is 88.8 Å². The van der Waals surface area contributed by atoms with Gasteiger partial charge in [-0.2, -0.15) is 0 Å². The number of anilines is 1. The minimum absolute atomic E-state index is 0.00591. The summed E-state index contributed by atoms with van der Waals surface area (Å²) < 4.78 is 31.8. The molecule has 1 amide bonds. The molecule has 4 aromatic carbocycles. The van der Waals surface area contributed by atoms with E-state index in [1.165, 1.54) is 43.0 Å². The third kappa shape index (κ3) is 6.45. The lowest BCUT2D eigenvalue weighted by atomic mass is 9.95. The number of thioether (sulfide) groups is 1. The van der Waals surface area contributed by atoms with Gasteiger partial charge in [-0.25, -0.2) is 4.39 Å². The number of methoxy groups -OCH3 is 2. The third-order valence-electron chi connectivity index (χ3n) is 7.96. The molecule has 5 aromatic rings. The quantitative estimate of drug-likeness (QED) is 0.0349. The van der Waals surface area contributed by atoms with Crippen LogP contribution < -0.4 is 19.1 Å². The first-order valence-electron chi connectivity index (χ1n) is 15.2. The number of ketones is 1. The van der Waals surface area contributed by atoms with E-state index in [1.807, 2.05) is 18.2 Å². The van der Waals surface area contributed by atoms with E-state index < -0.39 is 29.3 Å². The van der Waals surface area contributed by atoms with Crippen molar-refractivity contribution in [2.45, 2.75) is 35.9 Å². The molecule has 1 aliphatic heterocycles. The molecule has 1 saturated heterocycles. The van der Waals surface area contributed by atoms with E-state index in [-0.39, 0.29) is 22.0 Å². The highest BCUT2D eigenvalue weighted by molar-refractivity contribution is 8.00. The number of aliphatic hydroxyl groups is 1. The summed E-state index contributed by atoms with van der Waals surface area (Å²) >= 11 is 2.62. The second kappa shape index (κ2) is 14.4. The highest BCUT2D eigenvalue weighted by Gasteiger charge is 2.48. The van der Waals surface area contributed by atoms with Crippen molar-refractivity contribution in [2.24, 2.45) is 0 Å². The summed E-state index contributed by atoms with van der Waals surface area (Å²) in [6.07, 6.45) is 1.80. The van der Waals surface area contributed by atoms with Crippen LogP contribution in [0.1, 0.15) is 42.5 Å². The van der Waals surface area contributed by atoms with Gasteiger partial charge in [-0.15, -0.1) is 10.2 Å². The average molecular weight is 686 g/mol. The molecule has 1 aliphatic rings. The normalized spacial score (nSPS) is 15.7. The van der Waals surface area contributed by atoms with Crippen LogP contribution in [0.25, 0.3) is 16.5 Å². The largest absolute Gasteiger partial charge is 0.507 e. The fourth-order valence-corrected chi connectivity index (χ4v) is 7.40. The van der Waals surface area contributed by atoms with E-state index in [9.17, 15) is 19.1 Å². The number of fused-ring (bicyclic) bond motifs is 1. The molecule has 12 heteroatoms. The van der Waals surface area contributed by atoms with Gasteiger partial charge in [-0.1, -0.05) is 85.0 Å². The van der Waals surface area contributed by atoms with Gasteiger partial charge in [0.2, 0.25) is 5.13 Å². The van der Waals surface area contributed by atoms with E-state index in [2.05, 4.69) is 41.4 Å². The fourth-order valence-electron chi connectivity index (χ4n) is 5.53. The van der Waals surface area contributed by atoms with Crippen LogP contribution in [0.4, 0.5) is 9.52 Å². The van der Waals surface area contributed by atoms with Gasteiger partial charge >= 0.3 is 5.91 Å². The molecule has 0 radical (unpaired) electrons. The zero-order valence-corrected chi connectivity index (χ0v) is 28.1. The molecular weight excluding hydrogens is 654 g/mol. The molecule has 48 heavy (non-hydrogen) atoms. The van der Waals surface area contributed by atoms with Gasteiger partial charge in [0.15, 0.2) is 27.4 Å². The van der Waals surface area contributed by atoms with E-state index in [1.54, 1.807) is 18.2 Å². The van der Waals surface area contributed by atoms with Crippen molar-refractivity contribution in [3.8, 4) is 17.2 Å². The summed E-state index contributed by atoms with van der Waals surface area (Å²) in [5.74, 6) is -1.68. The van der Waals surface area contributed by atoms with Crippen LogP contribution in [0.2, 0.25) is 0 Å². The van der Waals surface area contributed by atoms with Crippen molar-refractivity contribution in [2.75, 3.05) is 25.7 Å². The Morgan fingerprint density at radius 2 is 1.73 bits per heavy atom. The summed E-state index contributed by atoms with van der Waals surface area (Å²) in [6.45, 7) is 2.54. The number of hydrogen-bond donors (Lipinski definition) is 1. The molecule has 1 N–H and O–H groups in total. The molecule has 0 saturated carbocycles. The lowest BCUT2D eigenvalue weighted by molar-refractivity contribution is -0.132. The molecule has 2 heterocycles. The van der Waals surface area contributed by atoms with Crippen LogP contribution >= 0.6 is 23.1 Å². The van der Waals surface area contributed by atoms with Crippen molar-refractivity contribution in [3.63, 3.8) is 0 Å². The highest BCUT2D eigenvalue weighted by atomic mass is 32.2. The number of aliphatic hydroxyl groups excluding tert-OH is 1. The van der Waals surface area contributed by atoms with Crippen LogP contribution in [0.5, 0.6) is 17.2 Å². The van der Waals surface area contributed by atoms with Gasteiger partial charge in [-0.05, 0) is 58.7 Å². The zero-order valence-electron chi connectivity index (χ0n) is 26.4.